The van der Waals surface area contributed by atoms with Gasteiger partial charge in [-0.25, -0.2) is 4.98 Å². The van der Waals surface area contributed by atoms with Crippen molar-refractivity contribution in [1.29, 1.82) is 0 Å². The Morgan fingerprint density at radius 3 is 2.82 bits per heavy atom. The van der Waals surface area contributed by atoms with Crippen LogP contribution in [0.2, 0.25) is 0 Å². The number of nitrogen functional groups attached to an aromatic ring is 1. The number of nitrogens with two attached hydrogens (primary N) is 1. The van der Waals surface area contributed by atoms with Gasteiger partial charge in [-0.1, -0.05) is 18.2 Å². The number of fused-ring (bicyclic) bond motifs is 1. The van der Waals surface area contributed by atoms with Gasteiger partial charge in [-0.15, -0.1) is 0 Å². The summed E-state index contributed by atoms with van der Waals surface area (Å²) >= 11 is 0. The minimum atomic E-state index is -0.0973. The number of nitrogens with one attached hydrogen (secondary N) is 1. The number of hydrogen-bond acceptors (Lipinski definition) is 3. The van der Waals surface area contributed by atoms with E-state index in [9.17, 15) is 4.79 Å². The number of anilines is 2. The van der Waals surface area contributed by atoms with E-state index < -0.39 is 0 Å². The van der Waals surface area contributed by atoms with E-state index in [-0.39, 0.29) is 12.5 Å². The Labute approximate surface area is 128 Å². The van der Waals surface area contributed by atoms with Gasteiger partial charge in [0.05, 0.1) is 11.0 Å². The Hall–Kier alpha value is -2.82. The van der Waals surface area contributed by atoms with Gasteiger partial charge in [-0.3, -0.25) is 4.79 Å². The van der Waals surface area contributed by atoms with Crippen LogP contribution < -0.4 is 11.1 Å². The number of hydrogen-bond donors (Lipinski definition) is 2. The number of carbonyl (C=O) groups is 1. The van der Waals surface area contributed by atoms with Crippen molar-refractivity contribution < 1.29 is 4.79 Å². The van der Waals surface area contributed by atoms with Gasteiger partial charge in [0, 0.05) is 11.4 Å². The van der Waals surface area contributed by atoms with Gasteiger partial charge in [-0.2, -0.15) is 0 Å². The smallest absolute Gasteiger partial charge is 0.244 e. The van der Waals surface area contributed by atoms with Crippen molar-refractivity contribution in [2.45, 2.75) is 20.4 Å². The van der Waals surface area contributed by atoms with Crippen LogP contribution in [-0.2, 0) is 11.3 Å². The van der Waals surface area contributed by atoms with Crippen LogP contribution >= 0.6 is 0 Å². The fourth-order valence-electron chi connectivity index (χ4n) is 2.50. The minimum Gasteiger partial charge on any atom is -0.399 e. The average molecular weight is 294 g/mol. The number of para-hydroxylation sites is 2. The summed E-state index contributed by atoms with van der Waals surface area (Å²) < 4.78 is 1.91. The molecule has 22 heavy (non-hydrogen) atoms. The van der Waals surface area contributed by atoms with Gasteiger partial charge in [0.15, 0.2) is 0 Å². The number of aromatic nitrogens is 2. The molecule has 3 N–H and O–H groups in total. The summed E-state index contributed by atoms with van der Waals surface area (Å²) in [6.07, 6.45) is 0. The van der Waals surface area contributed by atoms with Crippen molar-refractivity contribution in [3.05, 3.63) is 53.9 Å². The maximum atomic E-state index is 12.3. The molecule has 0 bridgehead atoms. The number of benzene rings is 2. The molecule has 0 aliphatic rings. The van der Waals surface area contributed by atoms with Crippen molar-refractivity contribution in [2.75, 3.05) is 11.1 Å². The predicted octanol–water partition coefficient (Wildman–Crippen LogP) is 2.87. The molecule has 112 valence electrons. The van der Waals surface area contributed by atoms with Crippen LogP contribution in [0.3, 0.4) is 0 Å². The standard InChI is InChI=1S/C17H18N4O/c1-11-7-8-13(18)9-15(11)20-17(22)10-21-12(2)19-14-5-3-4-6-16(14)21/h3-9H,10,18H2,1-2H3,(H,20,22). The zero-order valence-electron chi connectivity index (χ0n) is 12.6. The van der Waals surface area contributed by atoms with E-state index in [4.69, 9.17) is 5.73 Å². The van der Waals surface area contributed by atoms with Crippen LogP contribution in [0.4, 0.5) is 11.4 Å². The summed E-state index contributed by atoms with van der Waals surface area (Å²) in [6.45, 7) is 4.06. The second-order valence-electron chi connectivity index (χ2n) is 5.36. The van der Waals surface area contributed by atoms with E-state index >= 15 is 0 Å². The van der Waals surface area contributed by atoms with Crippen LogP contribution in [0, 0.1) is 13.8 Å². The van der Waals surface area contributed by atoms with Crippen LogP contribution in [0.5, 0.6) is 0 Å². The summed E-state index contributed by atoms with van der Waals surface area (Å²) in [7, 11) is 0. The minimum absolute atomic E-state index is 0.0973. The Bertz CT molecular complexity index is 851. The third-order valence-corrected chi connectivity index (χ3v) is 3.68. The molecule has 0 unspecified atom stereocenters. The van der Waals surface area contributed by atoms with E-state index in [1.807, 2.05) is 54.8 Å². The molecule has 5 heteroatoms. The van der Waals surface area contributed by atoms with E-state index in [0.29, 0.717) is 5.69 Å². The monoisotopic (exact) mass is 294 g/mol. The SMILES string of the molecule is Cc1ccc(N)cc1NC(=O)Cn1c(C)nc2ccccc21. The quantitative estimate of drug-likeness (QED) is 0.729. The Morgan fingerprint density at radius 2 is 2.00 bits per heavy atom. The van der Waals surface area contributed by atoms with E-state index in [1.165, 1.54) is 0 Å². The molecule has 3 aromatic rings. The lowest BCUT2D eigenvalue weighted by Gasteiger charge is -2.11. The molecule has 0 aliphatic heterocycles. The van der Waals surface area contributed by atoms with Crippen LogP contribution in [0.1, 0.15) is 11.4 Å². The van der Waals surface area contributed by atoms with Gasteiger partial charge >= 0.3 is 0 Å². The largest absolute Gasteiger partial charge is 0.399 e. The molecule has 1 heterocycles. The number of nitrogens with zero attached hydrogens (tertiary/aromatic N) is 2. The van der Waals surface area contributed by atoms with Crippen LogP contribution in [-0.4, -0.2) is 15.5 Å². The highest BCUT2D eigenvalue weighted by molar-refractivity contribution is 5.93. The lowest BCUT2D eigenvalue weighted by atomic mass is 10.2. The number of imidazole rings is 1. The fraction of sp³-hybridized carbons (Fsp3) is 0.176. The summed E-state index contributed by atoms with van der Waals surface area (Å²) in [5, 5.41) is 2.91. The third kappa shape index (κ3) is 2.65. The first-order chi connectivity index (χ1) is 10.5. The van der Waals surface area contributed by atoms with Gasteiger partial charge in [0.25, 0.3) is 0 Å². The third-order valence-electron chi connectivity index (χ3n) is 3.68. The molecule has 1 amide bonds. The first kappa shape index (κ1) is 14.1. The first-order valence-corrected chi connectivity index (χ1v) is 7.12. The highest BCUT2D eigenvalue weighted by atomic mass is 16.1. The normalized spacial score (nSPS) is 10.8. The molecule has 2 aromatic carbocycles. The molecule has 1 aromatic heterocycles. The van der Waals surface area contributed by atoms with Crippen LogP contribution in [0.25, 0.3) is 11.0 Å². The van der Waals surface area contributed by atoms with Crippen molar-refractivity contribution in [3.63, 3.8) is 0 Å². The lowest BCUT2D eigenvalue weighted by molar-refractivity contribution is -0.116. The summed E-state index contributed by atoms with van der Waals surface area (Å²) in [6, 6.07) is 13.3. The predicted molar refractivity (Wildman–Crippen MR) is 88.7 cm³/mol. The Balaban J connectivity index is 1.84. The summed E-state index contributed by atoms with van der Waals surface area (Å²) in [5.74, 6) is 0.723. The zero-order chi connectivity index (χ0) is 15.7. The maximum Gasteiger partial charge on any atom is 0.244 e. The molecule has 0 spiro atoms. The summed E-state index contributed by atoms with van der Waals surface area (Å²) in [4.78, 5) is 16.8. The van der Waals surface area contributed by atoms with Gasteiger partial charge in [0.2, 0.25) is 5.91 Å². The molecule has 0 saturated heterocycles. The highest BCUT2D eigenvalue weighted by Gasteiger charge is 2.11. The van der Waals surface area contributed by atoms with E-state index in [2.05, 4.69) is 10.3 Å². The first-order valence-electron chi connectivity index (χ1n) is 7.12. The molecule has 3 rings (SSSR count). The number of rotatable bonds is 3. The molecular formula is C17H18N4O. The number of amides is 1. The van der Waals surface area contributed by atoms with Gasteiger partial charge in [0.1, 0.15) is 12.4 Å². The van der Waals surface area contributed by atoms with E-state index in [1.54, 1.807) is 6.07 Å². The second kappa shape index (κ2) is 5.52. The molecule has 5 nitrogen and oxygen atoms in total. The molecule has 0 saturated carbocycles. The van der Waals surface area contributed by atoms with E-state index in [0.717, 1.165) is 28.1 Å². The maximum absolute atomic E-state index is 12.3. The zero-order valence-corrected chi connectivity index (χ0v) is 12.6. The number of carbonyl (C=O) groups excluding carboxylic acids is 1. The van der Waals surface area contributed by atoms with Gasteiger partial charge in [-0.05, 0) is 43.7 Å². The molecular weight excluding hydrogens is 276 g/mol. The topological polar surface area (TPSA) is 72.9 Å². The lowest BCUT2D eigenvalue weighted by Crippen LogP contribution is -2.20. The van der Waals surface area contributed by atoms with Gasteiger partial charge < -0.3 is 15.6 Å². The Kier molecular flexibility index (Phi) is 3.55. The Morgan fingerprint density at radius 1 is 1.23 bits per heavy atom. The molecule has 0 fully saturated rings. The molecule has 0 radical (unpaired) electrons. The highest BCUT2D eigenvalue weighted by Crippen LogP contribution is 2.19. The van der Waals surface area contributed by atoms with Crippen molar-refractivity contribution in [1.82, 2.24) is 9.55 Å². The summed E-state index contributed by atoms with van der Waals surface area (Å²) in [5.41, 5.74) is 9.98. The number of aryl methyl sites for hydroxylation is 2. The molecule has 0 atom stereocenters. The van der Waals surface area contributed by atoms with Crippen molar-refractivity contribution in [3.8, 4) is 0 Å². The van der Waals surface area contributed by atoms with Crippen molar-refractivity contribution >= 4 is 28.3 Å². The average Bonchev–Trinajstić information content (AvgIpc) is 2.79. The fourth-order valence-corrected chi connectivity index (χ4v) is 2.50. The molecule has 0 aliphatic carbocycles. The second-order valence-corrected chi connectivity index (χ2v) is 5.36. The van der Waals surface area contributed by atoms with Crippen LogP contribution in [0.15, 0.2) is 42.5 Å². The van der Waals surface area contributed by atoms with Crippen molar-refractivity contribution in [2.24, 2.45) is 0 Å².